The van der Waals surface area contributed by atoms with E-state index >= 15 is 0 Å². The minimum atomic E-state index is -0.313. The second-order valence-corrected chi connectivity index (χ2v) is 8.54. The Balaban J connectivity index is 1.34. The lowest BCUT2D eigenvalue weighted by atomic mass is 9.85. The van der Waals surface area contributed by atoms with Crippen molar-refractivity contribution in [1.29, 1.82) is 0 Å². The molecule has 1 aromatic carbocycles. The topological polar surface area (TPSA) is 92.5 Å². The van der Waals surface area contributed by atoms with Gasteiger partial charge in [0.05, 0.1) is 17.6 Å². The van der Waals surface area contributed by atoms with Gasteiger partial charge in [-0.1, -0.05) is 29.9 Å². The van der Waals surface area contributed by atoms with Gasteiger partial charge in [0, 0.05) is 29.8 Å². The predicted octanol–water partition coefficient (Wildman–Crippen LogP) is 3.19. The number of nitrogens with zero attached hydrogens (tertiary/aromatic N) is 2. The molecule has 2 aliphatic rings. The van der Waals surface area contributed by atoms with Crippen molar-refractivity contribution in [2.45, 2.75) is 32.2 Å². The van der Waals surface area contributed by atoms with Crippen molar-refractivity contribution in [1.82, 2.24) is 9.88 Å². The number of carbonyl (C=O) groups is 2. The Morgan fingerprint density at radius 1 is 1.24 bits per heavy atom. The highest BCUT2D eigenvalue weighted by Crippen LogP contribution is 2.32. The molecule has 29 heavy (non-hydrogen) atoms. The Morgan fingerprint density at radius 3 is 2.86 bits per heavy atom. The van der Waals surface area contributed by atoms with Crippen LogP contribution < -0.4 is 10.7 Å². The first-order valence-corrected chi connectivity index (χ1v) is 10.5. The van der Waals surface area contributed by atoms with Crippen molar-refractivity contribution in [3.8, 4) is 0 Å². The third kappa shape index (κ3) is 3.33. The number of nitrogens with one attached hydrogen (secondary N) is 1. The number of para-hydroxylation sites is 1. The lowest BCUT2D eigenvalue weighted by molar-refractivity contribution is -0.122. The summed E-state index contributed by atoms with van der Waals surface area (Å²) in [6, 6.07) is 8.15. The van der Waals surface area contributed by atoms with E-state index in [2.05, 4.69) is 10.3 Å². The normalized spacial score (nSPS) is 16.3. The van der Waals surface area contributed by atoms with Crippen LogP contribution in [-0.4, -0.2) is 28.2 Å². The van der Waals surface area contributed by atoms with E-state index in [1.165, 1.54) is 17.4 Å². The highest BCUT2D eigenvalue weighted by atomic mass is 32.1. The van der Waals surface area contributed by atoms with Crippen LogP contribution >= 0.6 is 11.3 Å². The van der Waals surface area contributed by atoms with E-state index in [-0.39, 0.29) is 28.9 Å². The summed E-state index contributed by atoms with van der Waals surface area (Å²) in [6.07, 6.45) is 3.59. The smallest absolute Gasteiger partial charge is 0.290 e. The van der Waals surface area contributed by atoms with Crippen LogP contribution in [0.4, 0.5) is 5.13 Å². The van der Waals surface area contributed by atoms with Crippen LogP contribution in [0.1, 0.15) is 40.4 Å². The number of thiazole rings is 1. The number of hydrogen-bond donors (Lipinski definition) is 1. The minimum absolute atomic E-state index is 0.0354. The van der Waals surface area contributed by atoms with Crippen molar-refractivity contribution >= 4 is 39.3 Å². The Morgan fingerprint density at radius 2 is 2.07 bits per heavy atom. The molecule has 7 nitrogen and oxygen atoms in total. The largest absolute Gasteiger partial charge is 0.451 e. The van der Waals surface area contributed by atoms with Crippen LogP contribution in [0.2, 0.25) is 0 Å². The average molecular weight is 409 g/mol. The molecule has 148 valence electrons. The molecule has 2 amide bonds. The van der Waals surface area contributed by atoms with Gasteiger partial charge in [-0.25, -0.2) is 4.98 Å². The number of benzene rings is 1. The van der Waals surface area contributed by atoms with Crippen LogP contribution in [0.25, 0.3) is 11.0 Å². The quantitative estimate of drug-likeness (QED) is 0.717. The maximum atomic E-state index is 12.9. The second kappa shape index (κ2) is 7.11. The molecule has 3 aromatic rings. The van der Waals surface area contributed by atoms with E-state index in [4.69, 9.17) is 4.42 Å². The highest BCUT2D eigenvalue weighted by Gasteiger charge is 2.29. The van der Waals surface area contributed by atoms with E-state index in [9.17, 15) is 14.4 Å². The molecule has 3 heterocycles. The fourth-order valence-corrected chi connectivity index (χ4v) is 4.69. The zero-order chi connectivity index (χ0) is 20.0. The zero-order valence-corrected chi connectivity index (χ0v) is 16.5. The van der Waals surface area contributed by atoms with E-state index in [1.54, 1.807) is 29.2 Å². The van der Waals surface area contributed by atoms with Gasteiger partial charge < -0.3 is 14.6 Å². The predicted molar refractivity (Wildman–Crippen MR) is 109 cm³/mol. The van der Waals surface area contributed by atoms with Crippen molar-refractivity contribution < 1.29 is 14.0 Å². The summed E-state index contributed by atoms with van der Waals surface area (Å²) in [5.41, 5.74) is 1.09. The lowest BCUT2D eigenvalue weighted by Crippen LogP contribution is -2.35. The van der Waals surface area contributed by atoms with Gasteiger partial charge >= 0.3 is 0 Å². The van der Waals surface area contributed by atoms with Crippen LogP contribution in [0.3, 0.4) is 0 Å². The van der Waals surface area contributed by atoms with E-state index < -0.39 is 0 Å². The minimum Gasteiger partial charge on any atom is -0.451 e. The molecule has 1 N–H and O–H groups in total. The van der Waals surface area contributed by atoms with E-state index in [1.807, 2.05) is 0 Å². The number of amides is 2. The Hall–Kier alpha value is -3.00. The van der Waals surface area contributed by atoms with Crippen molar-refractivity contribution in [3.05, 3.63) is 56.9 Å². The number of aromatic nitrogens is 1. The number of rotatable bonds is 3. The summed E-state index contributed by atoms with van der Waals surface area (Å²) in [5.74, 6) is -0.134. The first-order chi connectivity index (χ1) is 14.1. The van der Waals surface area contributed by atoms with Crippen molar-refractivity contribution in [2.24, 2.45) is 5.92 Å². The van der Waals surface area contributed by atoms with E-state index in [0.29, 0.717) is 35.6 Å². The van der Waals surface area contributed by atoms with Crippen molar-refractivity contribution in [2.75, 3.05) is 11.9 Å². The van der Waals surface area contributed by atoms with Gasteiger partial charge in [-0.05, 0) is 25.0 Å². The molecule has 0 radical (unpaired) electrons. The van der Waals surface area contributed by atoms with Gasteiger partial charge in [-0.2, -0.15) is 0 Å². The molecule has 0 atom stereocenters. The molecule has 0 spiro atoms. The molecule has 1 fully saturated rings. The molecule has 5 rings (SSSR count). The summed E-state index contributed by atoms with van der Waals surface area (Å²) in [6.45, 7) is 0.879. The highest BCUT2D eigenvalue weighted by molar-refractivity contribution is 7.15. The fraction of sp³-hybridized carbons (Fsp3) is 0.333. The molecule has 1 aliphatic carbocycles. The Labute approximate surface area is 170 Å². The monoisotopic (exact) mass is 409 g/mol. The summed E-state index contributed by atoms with van der Waals surface area (Å²) >= 11 is 1.41. The Bertz CT molecular complexity index is 1180. The third-order valence-electron chi connectivity index (χ3n) is 5.57. The van der Waals surface area contributed by atoms with Crippen LogP contribution in [0.15, 0.2) is 39.5 Å². The molecule has 0 bridgehead atoms. The third-order valence-corrected chi connectivity index (χ3v) is 6.57. The van der Waals surface area contributed by atoms with Gasteiger partial charge in [-0.3, -0.25) is 14.4 Å². The van der Waals surface area contributed by atoms with E-state index in [0.717, 1.165) is 29.8 Å². The van der Waals surface area contributed by atoms with Gasteiger partial charge in [0.25, 0.3) is 5.91 Å². The SMILES string of the molecule is O=C(Nc1nc2c(s1)CN(C(=O)c1cc(=O)c3ccccc3o1)CC2)C1CCC1. The lowest BCUT2D eigenvalue weighted by Gasteiger charge is -2.25. The number of fused-ring (bicyclic) bond motifs is 2. The van der Waals surface area contributed by atoms with Crippen molar-refractivity contribution in [3.63, 3.8) is 0 Å². The maximum Gasteiger partial charge on any atom is 0.290 e. The average Bonchev–Trinajstić information content (AvgIpc) is 3.07. The summed E-state index contributed by atoms with van der Waals surface area (Å²) < 4.78 is 5.69. The molecule has 8 heteroatoms. The van der Waals surface area contributed by atoms with Crippen LogP contribution in [0, 0.1) is 5.92 Å². The second-order valence-electron chi connectivity index (χ2n) is 7.45. The summed E-state index contributed by atoms with van der Waals surface area (Å²) in [7, 11) is 0. The molecule has 1 aliphatic heterocycles. The molecule has 2 aromatic heterocycles. The number of carbonyl (C=O) groups excluding carboxylic acids is 2. The molecule has 1 saturated carbocycles. The van der Waals surface area contributed by atoms with Crippen LogP contribution in [-0.2, 0) is 17.8 Å². The standard InChI is InChI=1S/C21H19N3O4S/c25-15-10-17(28-16-7-2-1-6-13(15)16)20(27)24-9-8-14-18(11-24)29-21(22-14)23-19(26)12-4-3-5-12/h1-2,6-7,10,12H,3-5,8-9,11H2,(H,22,23,26). The molecule has 0 saturated heterocycles. The maximum absolute atomic E-state index is 12.9. The number of anilines is 1. The first kappa shape index (κ1) is 18.1. The van der Waals surface area contributed by atoms with Gasteiger partial charge in [0.1, 0.15) is 5.58 Å². The molecule has 0 unspecified atom stereocenters. The van der Waals surface area contributed by atoms with Crippen LogP contribution in [0.5, 0.6) is 0 Å². The summed E-state index contributed by atoms with van der Waals surface area (Å²) in [4.78, 5) is 44.5. The van der Waals surface area contributed by atoms with Gasteiger partial charge in [-0.15, -0.1) is 0 Å². The Kier molecular flexibility index (Phi) is 4.43. The van der Waals surface area contributed by atoms with Gasteiger partial charge in [0.2, 0.25) is 5.91 Å². The molecular formula is C21H19N3O4S. The molecular weight excluding hydrogens is 390 g/mol. The first-order valence-electron chi connectivity index (χ1n) is 9.70. The zero-order valence-electron chi connectivity index (χ0n) is 15.6. The fourth-order valence-electron chi connectivity index (χ4n) is 3.67. The van der Waals surface area contributed by atoms with Gasteiger partial charge in [0.15, 0.2) is 16.3 Å². The number of hydrogen-bond acceptors (Lipinski definition) is 6. The summed E-state index contributed by atoms with van der Waals surface area (Å²) in [5, 5.41) is 3.96.